The lowest BCUT2D eigenvalue weighted by Gasteiger charge is -2.16. The van der Waals surface area contributed by atoms with Gasteiger partial charge in [-0.1, -0.05) is 24.6 Å². The molecule has 5 nitrogen and oxygen atoms in total. The van der Waals surface area contributed by atoms with Gasteiger partial charge in [-0.3, -0.25) is 9.79 Å². The van der Waals surface area contributed by atoms with E-state index < -0.39 is 0 Å². The smallest absolute Gasteiger partial charge is 0.251 e. The predicted molar refractivity (Wildman–Crippen MR) is 87.8 cm³/mol. The largest absolute Gasteiger partial charge is 0.355 e. The second-order valence-corrected chi connectivity index (χ2v) is 5.08. The van der Waals surface area contributed by atoms with Crippen LogP contribution in [0.2, 0.25) is 0 Å². The summed E-state index contributed by atoms with van der Waals surface area (Å²) in [6.07, 6.45) is 1.03. The average Bonchev–Trinajstić information content (AvgIpc) is 2.49. The molecule has 0 radical (unpaired) electrons. The van der Waals surface area contributed by atoms with Crippen LogP contribution in [-0.4, -0.2) is 38.0 Å². The lowest BCUT2D eigenvalue weighted by Crippen LogP contribution is -2.44. The van der Waals surface area contributed by atoms with Crippen LogP contribution in [0.25, 0.3) is 0 Å². The first kappa shape index (κ1) is 17.0. The molecule has 0 saturated carbocycles. The first-order valence-corrected chi connectivity index (χ1v) is 7.38. The zero-order chi connectivity index (χ0) is 15.7. The predicted octanol–water partition coefficient (Wildman–Crippen LogP) is 1.69. The molecule has 1 amide bonds. The highest BCUT2D eigenvalue weighted by molar-refractivity contribution is 5.94. The van der Waals surface area contributed by atoms with Crippen molar-refractivity contribution in [1.82, 2.24) is 16.0 Å². The van der Waals surface area contributed by atoms with Crippen molar-refractivity contribution in [3.05, 3.63) is 35.4 Å². The fraction of sp³-hybridized carbons (Fsp3) is 0.500. The van der Waals surface area contributed by atoms with E-state index in [9.17, 15) is 4.79 Å². The third-order valence-corrected chi connectivity index (χ3v) is 3.20. The quantitative estimate of drug-likeness (QED) is 0.424. The Morgan fingerprint density at radius 3 is 2.62 bits per heavy atom. The van der Waals surface area contributed by atoms with E-state index >= 15 is 0 Å². The lowest BCUT2D eigenvalue weighted by molar-refractivity contribution is 0.0954. The normalized spacial score (nSPS) is 12.7. The SMILES string of the molecule is CCC(C)NC(=NC)NCCNC(=O)c1cccc(C)c1. The zero-order valence-corrected chi connectivity index (χ0v) is 13.4. The highest BCUT2D eigenvalue weighted by Gasteiger charge is 2.05. The van der Waals surface area contributed by atoms with E-state index in [2.05, 4.69) is 34.8 Å². The molecule has 0 saturated heterocycles. The highest BCUT2D eigenvalue weighted by Crippen LogP contribution is 2.03. The Bertz CT molecular complexity index is 485. The molecule has 1 unspecified atom stereocenters. The summed E-state index contributed by atoms with van der Waals surface area (Å²) in [5.74, 6) is 0.708. The Morgan fingerprint density at radius 1 is 1.29 bits per heavy atom. The number of carbonyl (C=O) groups excluding carboxylic acids is 1. The number of guanidine groups is 1. The maximum atomic E-state index is 12.0. The van der Waals surface area contributed by atoms with E-state index in [0.717, 1.165) is 17.9 Å². The Morgan fingerprint density at radius 2 is 2.00 bits per heavy atom. The molecule has 0 aromatic heterocycles. The maximum Gasteiger partial charge on any atom is 0.251 e. The molecule has 1 rings (SSSR count). The van der Waals surface area contributed by atoms with Gasteiger partial charge in [0, 0.05) is 31.7 Å². The topological polar surface area (TPSA) is 65.5 Å². The fourth-order valence-corrected chi connectivity index (χ4v) is 1.78. The van der Waals surface area contributed by atoms with Crippen LogP contribution < -0.4 is 16.0 Å². The van der Waals surface area contributed by atoms with Gasteiger partial charge in [0.2, 0.25) is 0 Å². The number of hydrogen-bond donors (Lipinski definition) is 3. The van der Waals surface area contributed by atoms with Crippen molar-refractivity contribution in [1.29, 1.82) is 0 Å². The average molecular weight is 290 g/mol. The number of nitrogens with one attached hydrogen (secondary N) is 3. The van der Waals surface area contributed by atoms with Crippen LogP contribution in [0.5, 0.6) is 0 Å². The molecule has 1 aromatic rings. The van der Waals surface area contributed by atoms with Gasteiger partial charge in [0.05, 0.1) is 0 Å². The number of nitrogens with zero attached hydrogens (tertiary/aromatic N) is 1. The number of rotatable bonds is 6. The number of hydrogen-bond acceptors (Lipinski definition) is 2. The second-order valence-electron chi connectivity index (χ2n) is 5.08. The van der Waals surface area contributed by atoms with Crippen molar-refractivity contribution in [3.8, 4) is 0 Å². The number of benzene rings is 1. The first-order chi connectivity index (χ1) is 10.1. The minimum Gasteiger partial charge on any atom is -0.355 e. The van der Waals surface area contributed by atoms with Gasteiger partial charge in [0.1, 0.15) is 0 Å². The molecule has 0 aliphatic heterocycles. The lowest BCUT2D eigenvalue weighted by atomic mass is 10.1. The molecular weight excluding hydrogens is 264 g/mol. The van der Waals surface area contributed by atoms with Crippen molar-refractivity contribution in [3.63, 3.8) is 0 Å². The highest BCUT2D eigenvalue weighted by atomic mass is 16.1. The third kappa shape index (κ3) is 6.29. The zero-order valence-electron chi connectivity index (χ0n) is 13.4. The minimum atomic E-state index is -0.0506. The van der Waals surface area contributed by atoms with Gasteiger partial charge < -0.3 is 16.0 Å². The van der Waals surface area contributed by atoms with E-state index in [1.165, 1.54) is 0 Å². The Kier molecular flexibility index (Phi) is 7.29. The molecule has 21 heavy (non-hydrogen) atoms. The molecule has 5 heteroatoms. The molecule has 3 N–H and O–H groups in total. The number of aryl methyl sites for hydroxylation is 1. The molecule has 116 valence electrons. The summed E-state index contributed by atoms with van der Waals surface area (Å²) in [6.45, 7) is 7.38. The van der Waals surface area contributed by atoms with E-state index in [1.807, 2.05) is 31.2 Å². The Hall–Kier alpha value is -2.04. The maximum absolute atomic E-state index is 12.0. The van der Waals surface area contributed by atoms with Gasteiger partial charge in [-0.05, 0) is 32.4 Å². The summed E-state index contributed by atoms with van der Waals surface area (Å²) in [5, 5.41) is 9.34. The van der Waals surface area contributed by atoms with Crippen LogP contribution in [0.15, 0.2) is 29.3 Å². The molecule has 1 aromatic carbocycles. The van der Waals surface area contributed by atoms with Gasteiger partial charge >= 0.3 is 0 Å². The van der Waals surface area contributed by atoms with Gasteiger partial charge in [0.15, 0.2) is 5.96 Å². The Labute approximate surface area is 127 Å². The number of aliphatic imine (C=N–C) groups is 1. The van der Waals surface area contributed by atoms with Crippen LogP contribution in [0, 0.1) is 6.92 Å². The van der Waals surface area contributed by atoms with Gasteiger partial charge in [0.25, 0.3) is 5.91 Å². The van der Waals surface area contributed by atoms with E-state index in [4.69, 9.17) is 0 Å². The summed E-state index contributed by atoms with van der Waals surface area (Å²) in [7, 11) is 1.74. The van der Waals surface area contributed by atoms with Gasteiger partial charge in [-0.15, -0.1) is 0 Å². The van der Waals surface area contributed by atoms with Crippen LogP contribution >= 0.6 is 0 Å². The van der Waals surface area contributed by atoms with Gasteiger partial charge in [-0.2, -0.15) is 0 Å². The summed E-state index contributed by atoms with van der Waals surface area (Å²) in [6, 6.07) is 7.94. The summed E-state index contributed by atoms with van der Waals surface area (Å²) in [5.41, 5.74) is 1.77. The van der Waals surface area contributed by atoms with Crippen LogP contribution in [0.4, 0.5) is 0 Å². The molecule has 1 atom stereocenters. The molecule has 0 aliphatic rings. The van der Waals surface area contributed by atoms with Crippen molar-refractivity contribution in [2.24, 2.45) is 4.99 Å². The standard InChI is InChI=1S/C16H26N4O/c1-5-13(3)20-16(17-4)19-10-9-18-15(21)14-8-6-7-12(2)11-14/h6-8,11,13H,5,9-10H2,1-4H3,(H,18,21)(H2,17,19,20). The monoisotopic (exact) mass is 290 g/mol. The second kappa shape index (κ2) is 9.00. The molecular formula is C16H26N4O. The van der Waals surface area contributed by atoms with Crippen LogP contribution in [0.3, 0.4) is 0 Å². The minimum absolute atomic E-state index is 0.0506. The molecule has 0 bridgehead atoms. The summed E-state index contributed by atoms with van der Waals surface area (Å²) < 4.78 is 0. The molecule has 0 fully saturated rings. The molecule has 0 spiro atoms. The third-order valence-electron chi connectivity index (χ3n) is 3.20. The van der Waals surface area contributed by atoms with Crippen molar-refractivity contribution < 1.29 is 4.79 Å². The van der Waals surface area contributed by atoms with Crippen molar-refractivity contribution in [2.45, 2.75) is 33.2 Å². The number of amides is 1. The van der Waals surface area contributed by atoms with E-state index in [1.54, 1.807) is 7.05 Å². The van der Waals surface area contributed by atoms with E-state index in [0.29, 0.717) is 24.7 Å². The van der Waals surface area contributed by atoms with Crippen LogP contribution in [-0.2, 0) is 0 Å². The van der Waals surface area contributed by atoms with E-state index in [-0.39, 0.29) is 5.91 Å². The number of carbonyl (C=O) groups is 1. The molecule has 0 heterocycles. The summed E-state index contributed by atoms with van der Waals surface area (Å²) >= 11 is 0. The Balaban J connectivity index is 2.32. The van der Waals surface area contributed by atoms with Gasteiger partial charge in [-0.25, -0.2) is 0 Å². The fourth-order valence-electron chi connectivity index (χ4n) is 1.78. The molecule has 0 aliphatic carbocycles. The van der Waals surface area contributed by atoms with Crippen LogP contribution in [0.1, 0.15) is 36.2 Å². The van der Waals surface area contributed by atoms with Crippen molar-refractivity contribution in [2.75, 3.05) is 20.1 Å². The van der Waals surface area contributed by atoms with Crippen molar-refractivity contribution >= 4 is 11.9 Å². The first-order valence-electron chi connectivity index (χ1n) is 7.38. The summed E-state index contributed by atoms with van der Waals surface area (Å²) in [4.78, 5) is 16.1.